The monoisotopic (exact) mass is 364 g/mol. The molecular formula is C12H12N8O6. The van der Waals surface area contributed by atoms with Gasteiger partial charge in [-0.3, -0.25) is 19.2 Å². The molecule has 14 nitrogen and oxygen atoms in total. The Morgan fingerprint density at radius 1 is 0.615 bits per heavy atom. The first-order valence-corrected chi connectivity index (χ1v) is 7.13. The van der Waals surface area contributed by atoms with Crippen molar-refractivity contribution >= 4 is 46.9 Å². The maximum absolute atomic E-state index is 12.0. The van der Waals surface area contributed by atoms with Gasteiger partial charge in [-0.25, -0.2) is 9.26 Å². The molecule has 0 atom stereocenters. The van der Waals surface area contributed by atoms with Gasteiger partial charge in [0, 0.05) is 27.7 Å². The predicted molar refractivity (Wildman–Crippen MR) is 79.3 cm³/mol. The summed E-state index contributed by atoms with van der Waals surface area (Å²) in [4.78, 5) is 47.8. The molecular weight excluding hydrogens is 352 g/mol. The van der Waals surface area contributed by atoms with Crippen LogP contribution >= 0.6 is 0 Å². The fraction of sp³-hybridized carbons (Fsp3) is 0.333. The first-order valence-electron chi connectivity index (χ1n) is 7.13. The summed E-state index contributed by atoms with van der Waals surface area (Å²) < 4.78 is 9.36. The van der Waals surface area contributed by atoms with Gasteiger partial charge in [0.25, 0.3) is 0 Å². The summed E-state index contributed by atoms with van der Waals surface area (Å²) >= 11 is 0. The van der Waals surface area contributed by atoms with Gasteiger partial charge in [-0.2, -0.15) is 20.0 Å². The number of hydrazine groups is 2. The van der Waals surface area contributed by atoms with E-state index in [1.165, 1.54) is 0 Å². The molecule has 0 bridgehead atoms. The molecule has 4 amide bonds. The summed E-state index contributed by atoms with van der Waals surface area (Å²) in [5.74, 6) is -3.35. The first-order chi connectivity index (χ1) is 12.3. The Labute approximate surface area is 144 Å². The summed E-state index contributed by atoms with van der Waals surface area (Å²) in [5, 5.41) is 17.9. The quantitative estimate of drug-likeness (QED) is 0.683. The zero-order valence-electron chi connectivity index (χ0n) is 14.0. The lowest BCUT2D eigenvalue weighted by atomic mass is 10.4. The number of amides is 4. The molecule has 3 heterocycles. The number of fused-ring (bicyclic) bond motifs is 2. The average molecular weight is 364 g/mol. The number of aromatic nitrogens is 4. The highest BCUT2D eigenvalue weighted by atomic mass is 16.6. The number of hydrogen-bond donors (Lipinski definition) is 0. The second-order valence-electron chi connectivity index (χ2n) is 5.15. The van der Waals surface area contributed by atoms with Crippen LogP contribution in [0.5, 0.6) is 0 Å². The second-order valence-corrected chi connectivity index (χ2v) is 5.15. The van der Waals surface area contributed by atoms with Crippen molar-refractivity contribution in [2.24, 2.45) is 0 Å². The number of hydrogen-bond acceptors (Lipinski definition) is 12. The van der Waals surface area contributed by atoms with Gasteiger partial charge in [-0.1, -0.05) is 0 Å². The minimum Gasteiger partial charge on any atom is -0.273 e. The highest BCUT2D eigenvalue weighted by molar-refractivity contribution is 6.02. The summed E-state index contributed by atoms with van der Waals surface area (Å²) in [6.07, 6.45) is 0. The van der Waals surface area contributed by atoms with E-state index in [4.69, 9.17) is 0 Å². The number of imide groups is 2. The zero-order chi connectivity index (χ0) is 19.2. The minimum absolute atomic E-state index is 0.175. The standard InChI is InChI=1S/C12H12N8O6/c1-5(21)17(6(2)22)19-9-11(15-25-13-9)20(12-10(19)14-26-16-12)18(7(3)23)8(4)24/h1-4H3. The molecule has 0 saturated carbocycles. The molecule has 2 aromatic rings. The van der Waals surface area contributed by atoms with Gasteiger partial charge in [0.2, 0.25) is 46.9 Å². The van der Waals surface area contributed by atoms with Crippen LogP contribution in [-0.2, 0) is 19.2 Å². The summed E-state index contributed by atoms with van der Waals surface area (Å²) in [7, 11) is 0. The van der Waals surface area contributed by atoms with Gasteiger partial charge in [-0.15, -0.1) is 0 Å². The minimum atomic E-state index is -0.663. The van der Waals surface area contributed by atoms with Gasteiger partial charge < -0.3 is 0 Å². The van der Waals surface area contributed by atoms with Crippen LogP contribution in [-0.4, -0.2) is 54.3 Å². The van der Waals surface area contributed by atoms with E-state index in [2.05, 4.69) is 29.9 Å². The van der Waals surface area contributed by atoms with E-state index in [0.29, 0.717) is 10.0 Å². The molecule has 0 saturated heterocycles. The van der Waals surface area contributed by atoms with E-state index in [1.807, 2.05) is 0 Å². The van der Waals surface area contributed by atoms with Gasteiger partial charge in [0.05, 0.1) is 0 Å². The molecule has 14 heteroatoms. The molecule has 0 unspecified atom stereocenters. The molecule has 136 valence electrons. The highest BCUT2D eigenvalue weighted by Gasteiger charge is 2.46. The molecule has 2 aromatic heterocycles. The Balaban J connectivity index is 2.25. The third kappa shape index (κ3) is 2.35. The van der Waals surface area contributed by atoms with Crippen LogP contribution in [0.3, 0.4) is 0 Å². The normalized spacial score (nSPS) is 12.3. The predicted octanol–water partition coefficient (Wildman–Crippen LogP) is -0.338. The van der Waals surface area contributed by atoms with Crippen LogP contribution < -0.4 is 10.0 Å². The molecule has 0 radical (unpaired) electrons. The number of carbonyl (C=O) groups excluding carboxylic acids is 4. The Morgan fingerprint density at radius 2 is 0.846 bits per heavy atom. The van der Waals surface area contributed by atoms with Crippen LogP contribution in [0.15, 0.2) is 9.26 Å². The molecule has 1 aliphatic rings. The van der Waals surface area contributed by atoms with Gasteiger partial charge in [0.1, 0.15) is 0 Å². The molecule has 26 heavy (non-hydrogen) atoms. The van der Waals surface area contributed by atoms with Crippen LogP contribution in [0.4, 0.5) is 23.3 Å². The third-order valence-corrected chi connectivity index (χ3v) is 3.30. The van der Waals surface area contributed by atoms with Crippen molar-refractivity contribution < 1.29 is 28.4 Å². The number of anilines is 4. The Hall–Kier alpha value is -3.84. The number of nitrogens with zero attached hydrogens (tertiary/aromatic N) is 8. The lowest BCUT2D eigenvalue weighted by Gasteiger charge is -2.37. The largest absolute Gasteiger partial charge is 0.273 e. The molecule has 0 N–H and O–H groups in total. The number of rotatable bonds is 2. The van der Waals surface area contributed by atoms with Crippen molar-refractivity contribution in [3.8, 4) is 0 Å². The van der Waals surface area contributed by atoms with Crippen LogP contribution in [0, 0.1) is 0 Å². The van der Waals surface area contributed by atoms with E-state index in [-0.39, 0.29) is 23.3 Å². The smallest absolute Gasteiger partial charge is 0.245 e. The molecule has 0 spiro atoms. The lowest BCUT2D eigenvalue weighted by Crippen LogP contribution is -2.52. The van der Waals surface area contributed by atoms with E-state index in [0.717, 1.165) is 37.7 Å². The molecule has 0 fully saturated rings. The fourth-order valence-electron chi connectivity index (χ4n) is 2.48. The van der Waals surface area contributed by atoms with Crippen molar-refractivity contribution in [3.05, 3.63) is 0 Å². The van der Waals surface area contributed by atoms with Crippen molar-refractivity contribution in [3.63, 3.8) is 0 Å². The average Bonchev–Trinajstić information content (AvgIpc) is 3.17. The molecule has 3 rings (SSSR count). The SMILES string of the molecule is CC(=O)N(C(C)=O)N1c2nonc2N(N(C(C)=O)C(C)=O)c2nonc21. The van der Waals surface area contributed by atoms with Gasteiger partial charge in [-0.05, 0) is 20.6 Å². The second kappa shape index (κ2) is 5.91. The Bertz CT molecular complexity index is 779. The molecule has 1 aliphatic heterocycles. The summed E-state index contributed by atoms with van der Waals surface area (Å²) in [5.41, 5.74) is 0. The number of carbonyl (C=O) groups is 4. The third-order valence-electron chi connectivity index (χ3n) is 3.30. The Morgan fingerprint density at radius 3 is 1.04 bits per heavy atom. The van der Waals surface area contributed by atoms with E-state index < -0.39 is 23.6 Å². The molecule has 0 aromatic carbocycles. The van der Waals surface area contributed by atoms with Gasteiger partial charge in [0.15, 0.2) is 0 Å². The van der Waals surface area contributed by atoms with Crippen molar-refractivity contribution in [1.29, 1.82) is 0 Å². The Kier molecular flexibility index (Phi) is 3.86. The van der Waals surface area contributed by atoms with Gasteiger partial charge >= 0.3 is 0 Å². The van der Waals surface area contributed by atoms with Crippen LogP contribution in [0.1, 0.15) is 27.7 Å². The first kappa shape index (κ1) is 17.0. The van der Waals surface area contributed by atoms with Crippen LogP contribution in [0.2, 0.25) is 0 Å². The maximum atomic E-state index is 12.0. The highest BCUT2D eigenvalue weighted by Crippen LogP contribution is 2.45. The summed E-state index contributed by atoms with van der Waals surface area (Å²) in [6, 6.07) is 0. The lowest BCUT2D eigenvalue weighted by molar-refractivity contribution is -0.144. The van der Waals surface area contributed by atoms with E-state index in [9.17, 15) is 19.2 Å². The van der Waals surface area contributed by atoms with Crippen molar-refractivity contribution in [2.75, 3.05) is 10.0 Å². The van der Waals surface area contributed by atoms with Crippen LogP contribution in [0.25, 0.3) is 0 Å². The van der Waals surface area contributed by atoms with Crippen molar-refractivity contribution in [2.45, 2.75) is 27.7 Å². The fourth-order valence-corrected chi connectivity index (χ4v) is 2.48. The molecule has 0 aliphatic carbocycles. The van der Waals surface area contributed by atoms with Crippen molar-refractivity contribution in [1.82, 2.24) is 30.6 Å². The summed E-state index contributed by atoms with van der Waals surface area (Å²) in [6.45, 7) is 4.58. The van der Waals surface area contributed by atoms with E-state index >= 15 is 0 Å². The topological polar surface area (TPSA) is 159 Å². The zero-order valence-corrected chi connectivity index (χ0v) is 14.0. The maximum Gasteiger partial charge on any atom is 0.245 e. The van der Waals surface area contributed by atoms with E-state index in [1.54, 1.807) is 0 Å².